The molecule has 1 aromatic rings. The number of likely N-dealkylation sites (tertiary alicyclic amines) is 1. The van der Waals surface area contributed by atoms with Crippen molar-refractivity contribution < 1.29 is 4.79 Å². The highest BCUT2D eigenvalue weighted by Crippen LogP contribution is 2.23. The quantitative estimate of drug-likeness (QED) is 0.905. The van der Waals surface area contributed by atoms with Crippen molar-refractivity contribution in [3.05, 3.63) is 41.5 Å². The van der Waals surface area contributed by atoms with E-state index in [4.69, 9.17) is 5.73 Å². The van der Waals surface area contributed by atoms with Gasteiger partial charge in [0.05, 0.1) is 18.3 Å². The fraction of sp³-hybridized carbons (Fsp3) is 0.444. The molecule has 4 nitrogen and oxygen atoms in total. The third-order valence-corrected chi connectivity index (χ3v) is 4.42. The number of amides is 1. The van der Waals surface area contributed by atoms with Crippen LogP contribution in [0.25, 0.3) is 6.08 Å². The van der Waals surface area contributed by atoms with Crippen LogP contribution in [0.5, 0.6) is 0 Å². The summed E-state index contributed by atoms with van der Waals surface area (Å²) < 4.78 is 0. The van der Waals surface area contributed by atoms with Crippen LogP contribution in [0.4, 0.5) is 0 Å². The van der Waals surface area contributed by atoms with Gasteiger partial charge >= 0.3 is 0 Å². The number of benzene rings is 1. The average Bonchev–Trinajstić information content (AvgIpc) is 3.23. The highest BCUT2D eigenvalue weighted by molar-refractivity contribution is 6.03. The number of carbonyl (C=O) groups is 1. The Bertz CT molecular complexity index is 621. The summed E-state index contributed by atoms with van der Waals surface area (Å²) >= 11 is 0. The lowest BCUT2D eigenvalue weighted by Gasteiger charge is -2.23. The fourth-order valence-electron chi connectivity index (χ4n) is 3.06. The molecule has 1 saturated heterocycles. The summed E-state index contributed by atoms with van der Waals surface area (Å²) in [5.74, 6) is 0.152. The van der Waals surface area contributed by atoms with Crippen molar-refractivity contribution in [1.29, 1.82) is 0 Å². The molecule has 0 radical (unpaired) electrons. The average molecular weight is 297 g/mol. The van der Waals surface area contributed by atoms with Gasteiger partial charge < -0.3 is 10.6 Å². The molecule has 1 fully saturated rings. The van der Waals surface area contributed by atoms with Crippen molar-refractivity contribution in [1.82, 2.24) is 4.90 Å². The highest BCUT2D eigenvalue weighted by atomic mass is 16.2. The number of aliphatic imine (C=N–C) groups is 1. The molecule has 1 unspecified atom stereocenters. The number of hydrogen-bond donors (Lipinski definition) is 1. The molecule has 2 aliphatic heterocycles. The van der Waals surface area contributed by atoms with Crippen LogP contribution in [0.2, 0.25) is 0 Å². The van der Waals surface area contributed by atoms with Crippen molar-refractivity contribution in [2.24, 2.45) is 10.7 Å². The molecule has 0 saturated carbocycles. The molecule has 1 aromatic carbocycles. The summed E-state index contributed by atoms with van der Waals surface area (Å²) in [5.41, 5.74) is 9.66. The number of nitrogens with zero attached hydrogens (tertiary/aromatic N) is 2. The first-order valence-electron chi connectivity index (χ1n) is 7.97. The summed E-state index contributed by atoms with van der Waals surface area (Å²) in [6, 6.07) is 8.16. The summed E-state index contributed by atoms with van der Waals surface area (Å²) in [6.07, 6.45) is 6.44. The molecule has 0 spiro atoms. The van der Waals surface area contributed by atoms with Gasteiger partial charge in [-0.1, -0.05) is 36.4 Å². The molecule has 116 valence electrons. The SMILES string of the molecule is Cc1ccccc1/C=C/C(N)CC(=O)N1CCC[C@H]1C1=NC1. The van der Waals surface area contributed by atoms with E-state index < -0.39 is 0 Å². The highest BCUT2D eigenvalue weighted by Gasteiger charge is 2.35. The standard InChI is InChI=1S/C18H23N3O/c1-13-5-2-3-6-14(13)8-9-15(19)11-18(22)21-10-4-7-17(21)16-12-20-16/h2-3,5-6,8-9,15,17H,4,7,10-12,19H2,1H3/b9-8+/t15?,17-/m0/s1. The first kappa shape index (κ1) is 15.0. The third kappa shape index (κ3) is 3.45. The maximum absolute atomic E-state index is 12.4. The van der Waals surface area contributed by atoms with Crippen LogP contribution < -0.4 is 5.73 Å². The monoisotopic (exact) mass is 297 g/mol. The molecule has 0 bridgehead atoms. The predicted octanol–water partition coefficient (Wildman–Crippen LogP) is 2.17. The Kier molecular flexibility index (Phi) is 4.39. The zero-order chi connectivity index (χ0) is 15.5. The molecule has 2 atom stereocenters. The lowest BCUT2D eigenvalue weighted by Crippen LogP contribution is -2.40. The van der Waals surface area contributed by atoms with Crippen molar-refractivity contribution in [3.63, 3.8) is 0 Å². The van der Waals surface area contributed by atoms with Crippen molar-refractivity contribution in [2.45, 2.75) is 38.3 Å². The van der Waals surface area contributed by atoms with Gasteiger partial charge in [0.2, 0.25) is 5.91 Å². The molecule has 3 rings (SSSR count). The summed E-state index contributed by atoms with van der Waals surface area (Å²) in [5, 5.41) is 0. The Morgan fingerprint density at radius 3 is 3.00 bits per heavy atom. The van der Waals surface area contributed by atoms with Gasteiger partial charge in [-0.3, -0.25) is 9.79 Å². The van der Waals surface area contributed by atoms with E-state index >= 15 is 0 Å². The van der Waals surface area contributed by atoms with E-state index in [1.807, 2.05) is 29.2 Å². The Morgan fingerprint density at radius 2 is 2.27 bits per heavy atom. The van der Waals surface area contributed by atoms with Crippen LogP contribution in [0.15, 0.2) is 35.3 Å². The van der Waals surface area contributed by atoms with Gasteiger partial charge in [0.25, 0.3) is 0 Å². The number of aryl methyl sites for hydroxylation is 1. The molecule has 4 heteroatoms. The molecule has 0 aliphatic carbocycles. The van der Waals surface area contributed by atoms with Crippen molar-refractivity contribution >= 4 is 17.7 Å². The third-order valence-electron chi connectivity index (χ3n) is 4.42. The molecule has 0 aromatic heterocycles. The van der Waals surface area contributed by atoms with Crippen LogP contribution in [-0.4, -0.2) is 41.7 Å². The Hall–Kier alpha value is -1.94. The Balaban J connectivity index is 1.57. The van der Waals surface area contributed by atoms with E-state index in [0.29, 0.717) is 6.42 Å². The van der Waals surface area contributed by atoms with Gasteiger partial charge in [-0.2, -0.15) is 0 Å². The van der Waals surface area contributed by atoms with E-state index in [-0.39, 0.29) is 18.0 Å². The van der Waals surface area contributed by atoms with Crippen molar-refractivity contribution in [3.8, 4) is 0 Å². The molecule has 2 aliphatic rings. The molecule has 1 amide bonds. The van der Waals surface area contributed by atoms with Gasteiger partial charge in [-0.15, -0.1) is 0 Å². The van der Waals surface area contributed by atoms with E-state index in [9.17, 15) is 4.79 Å². The second-order valence-electron chi connectivity index (χ2n) is 6.14. The maximum Gasteiger partial charge on any atom is 0.225 e. The zero-order valence-electron chi connectivity index (χ0n) is 13.0. The van der Waals surface area contributed by atoms with Crippen LogP contribution in [0.1, 0.15) is 30.4 Å². The van der Waals surface area contributed by atoms with E-state index in [0.717, 1.165) is 31.5 Å². The van der Waals surface area contributed by atoms with Gasteiger partial charge in [0, 0.05) is 19.0 Å². The van der Waals surface area contributed by atoms with E-state index in [1.54, 1.807) is 0 Å². The number of carbonyl (C=O) groups excluding carboxylic acids is 1. The van der Waals surface area contributed by atoms with Gasteiger partial charge in [0.15, 0.2) is 0 Å². The van der Waals surface area contributed by atoms with Crippen LogP contribution in [-0.2, 0) is 4.79 Å². The maximum atomic E-state index is 12.4. The smallest absolute Gasteiger partial charge is 0.225 e. The minimum atomic E-state index is -0.241. The largest absolute Gasteiger partial charge is 0.334 e. The minimum Gasteiger partial charge on any atom is -0.334 e. The molecule has 22 heavy (non-hydrogen) atoms. The van der Waals surface area contributed by atoms with Gasteiger partial charge in [-0.25, -0.2) is 0 Å². The zero-order valence-corrected chi connectivity index (χ0v) is 13.0. The lowest BCUT2D eigenvalue weighted by atomic mass is 10.1. The Labute approximate surface area is 131 Å². The number of nitrogens with two attached hydrogens (primary N) is 1. The van der Waals surface area contributed by atoms with Gasteiger partial charge in [0.1, 0.15) is 0 Å². The van der Waals surface area contributed by atoms with Crippen LogP contribution >= 0.6 is 0 Å². The second kappa shape index (κ2) is 6.44. The fourth-order valence-corrected chi connectivity index (χ4v) is 3.06. The first-order valence-corrected chi connectivity index (χ1v) is 7.97. The second-order valence-corrected chi connectivity index (χ2v) is 6.14. The first-order chi connectivity index (χ1) is 10.6. The summed E-state index contributed by atoms with van der Waals surface area (Å²) in [7, 11) is 0. The summed E-state index contributed by atoms with van der Waals surface area (Å²) in [6.45, 7) is 3.76. The molecular weight excluding hydrogens is 274 g/mol. The summed E-state index contributed by atoms with van der Waals surface area (Å²) in [4.78, 5) is 18.7. The Morgan fingerprint density at radius 1 is 1.50 bits per heavy atom. The normalized spacial score (nSPS) is 22.0. The van der Waals surface area contributed by atoms with Crippen LogP contribution in [0.3, 0.4) is 0 Å². The molecular formula is C18H23N3O. The molecule has 2 heterocycles. The lowest BCUT2D eigenvalue weighted by molar-refractivity contribution is -0.131. The number of rotatable bonds is 5. The minimum absolute atomic E-state index is 0.152. The van der Waals surface area contributed by atoms with E-state index in [1.165, 1.54) is 11.3 Å². The number of hydrogen-bond acceptors (Lipinski definition) is 3. The predicted molar refractivity (Wildman–Crippen MR) is 89.8 cm³/mol. The van der Waals surface area contributed by atoms with Gasteiger partial charge in [-0.05, 0) is 30.9 Å². The molecule has 2 N–H and O–H groups in total. The van der Waals surface area contributed by atoms with E-state index in [2.05, 4.69) is 24.0 Å². The van der Waals surface area contributed by atoms with Crippen molar-refractivity contribution in [2.75, 3.05) is 13.1 Å². The van der Waals surface area contributed by atoms with Crippen LogP contribution in [0, 0.1) is 6.92 Å². The topological polar surface area (TPSA) is 58.7 Å².